The van der Waals surface area contributed by atoms with Gasteiger partial charge in [-0.25, -0.2) is 4.79 Å². The van der Waals surface area contributed by atoms with E-state index in [9.17, 15) is 4.79 Å². The minimum absolute atomic E-state index is 0.458. The monoisotopic (exact) mass is 294 g/mol. The Labute approximate surface area is 127 Å². The van der Waals surface area contributed by atoms with E-state index in [1.54, 1.807) is 6.08 Å². The standard InChI is InChI=1S/C17H26O4/c1-2-3-8-11-20-13-16-14-21-12-15(16)9-6-4-5-7-10-17(18)19/h3-4,6-8,10,15-16H,2,5,9,11-14H2,1H3,(H,18,19)/t15-,16+/m0/s1. The highest BCUT2D eigenvalue weighted by molar-refractivity contribution is 5.79. The normalized spacial score (nSPS) is 22.9. The maximum Gasteiger partial charge on any atom is 0.327 e. The predicted octanol–water partition coefficient (Wildman–Crippen LogP) is 3.21. The summed E-state index contributed by atoms with van der Waals surface area (Å²) in [4.78, 5) is 10.3. The van der Waals surface area contributed by atoms with Gasteiger partial charge in [0.15, 0.2) is 0 Å². The van der Waals surface area contributed by atoms with Crippen LogP contribution in [0, 0.1) is 11.8 Å². The molecule has 4 nitrogen and oxygen atoms in total. The zero-order valence-corrected chi connectivity index (χ0v) is 12.7. The molecule has 2 atom stereocenters. The maximum absolute atomic E-state index is 10.3. The molecule has 0 spiro atoms. The van der Waals surface area contributed by atoms with Crippen molar-refractivity contribution < 1.29 is 19.4 Å². The topological polar surface area (TPSA) is 55.8 Å². The Morgan fingerprint density at radius 1 is 1.19 bits per heavy atom. The van der Waals surface area contributed by atoms with Crippen LogP contribution >= 0.6 is 0 Å². The van der Waals surface area contributed by atoms with Crippen LogP contribution in [-0.2, 0) is 14.3 Å². The number of hydrogen-bond donors (Lipinski definition) is 1. The quantitative estimate of drug-likeness (QED) is 0.382. The van der Waals surface area contributed by atoms with E-state index in [1.165, 1.54) is 6.08 Å². The molecule has 1 rings (SSSR count). The molecule has 0 saturated carbocycles. The third kappa shape index (κ3) is 8.48. The molecule has 4 heteroatoms. The largest absolute Gasteiger partial charge is 0.478 e. The molecule has 0 radical (unpaired) electrons. The van der Waals surface area contributed by atoms with E-state index in [4.69, 9.17) is 14.6 Å². The van der Waals surface area contributed by atoms with Gasteiger partial charge in [-0.1, -0.05) is 37.3 Å². The van der Waals surface area contributed by atoms with Gasteiger partial charge in [0.2, 0.25) is 0 Å². The van der Waals surface area contributed by atoms with Gasteiger partial charge in [-0.2, -0.15) is 0 Å². The number of carboxylic acid groups (broad SMARTS) is 1. The van der Waals surface area contributed by atoms with Crippen LogP contribution in [-0.4, -0.2) is 37.5 Å². The van der Waals surface area contributed by atoms with Gasteiger partial charge in [-0.3, -0.25) is 0 Å². The number of carbonyl (C=O) groups is 1. The second-order valence-corrected chi connectivity index (χ2v) is 5.16. The van der Waals surface area contributed by atoms with Crippen molar-refractivity contribution in [1.82, 2.24) is 0 Å². The van der Waals surface area contributed by atoms with Crippen molar-refractivity contribution in [1.29, 1.82) is 0 Å². The molecular weight excluding hydrogens is 268 g/mol. The number of aliphatic carboxylic acids is 1. The molecule has 1 aliphatic heterocycles. The van der Waals surface area contributed by atoms with Gasteiger partial charge in [0.1, 0.15) is 0 Å². The van der Waals surface area contributed by atoms with Crippen LogP contribution in [0.5, 0.6) is 0 Å². The number of ether oxygens (including phenoxy) is 2. The maximum atomic E-state index is 10.3. The van der Waals surface area contributed by atoms with Crippen molar-refractivity contribution in [3.8, 4) is 0 Å². The Morgan fingerprint density at radius 2 is 2.00 bits per heavy atom. The molecule has 1 aliphatic rings. The Balaban J connectivity index is 2.19. The molecule has 0 aromatic heterocycles. The molecule has 0 bridgehead atoms. The summed E-state index contributed by atoms with van der Waals surface area (Å²) in [6.07, 6.45) is 13.7. The lowest BCUT2D eigenvalue weighted by molar-refractivity contribution is -0.131. The summed E-state index contributed by atoms with van der Waals surface area (Å²) in [6, 6.07) is 0. The average Bonchev–Trinajstić information content (AvgIpc) is 2.89. The predicted molar refractivity (Wildman–Crippen MR) is 83.2 cm³/mol. The van der Waals surface area contributed by atoms with Crippen LogP contribution in [0.2, 0.25) is 0 Å². The van der Waals surface area contributed by atoms with Gasteiger partial charge in [-0.05, 0) is 25.2 Å². The van der Waals surface area contributed by atoms with E-state index < -0.39 is 5.97 Å². The van der Waals surface area contributed by atoms with Crippen LogP contribution in [0.25, 0.3) is 0 Å². The Morgan fingerprint density at radius 3 is 2.76 bits per heavy atom. The lowest BCUT2D eigenvalue weighted by Crippen LogP contribution is -2.18. The van der Waals surface area contributed by atoms with Gasteiger partial charge in [0, 0.05) is 12.0 Å². The van der Waals surface area contributed by atoms with E-state index in [-0.39, 0.29) is 0 Å². The fourth-order valence-electron chi connectivity index (χ4n) is 2.22. The van der Waals surface area contributed by atoms with E-state index in [0.717, 1.165) is 32.7 Å². The fourth-order valence-corrected chi connectivity index (χ4v) is 2.22. The van der Waals surface area contributed by atoms with Gasteiger partial charge in [0.05, 0.1) is 26.4 Å². The molecule has 1 N–H and O–H groups in total. The number of hydrogen-bond acceptors (Lipinski definition) is 3. The van der Waals surface area contributed by atoms with Crippen LogP contribution < -0.4 is 0 Å². The van der Waals surface area contributed by atoms with Gasteiger partial charge < -0.3 is 14.6 Å². The van der Waals surface area contributed by atoms with Gasteiger partial charge in [-0.15, -0.1) is 0 Å². The van der Waals surface area contributed by atoms with Crippen molar-refractivity contribution >= 4 is 5.97 Å². The van der Waals surface area contributed by atoms with Gasteiger partial charge in [0.25, 0.3) is 0 Å². The highest BCUT2D eigenvalue weighted by atomic mass is 16.5. The molecule has 1 fully saturated rings. The first-order valence-corrected chi connectivity index (χ1v) is 7.59. The SMILES string of the molecule is CCC=CCOC[C@@H]1COC[C@@H]1CC=CCC=CC(=O)O. The molecule has 0 aliphatic carbocycles. The minimum atomic E-state index is -0.901. The highest BCUT2D eigenvalue weighted by Gasteiger charge is 2.27. The summed E-state index contributed by atoms with van der Waals surface area (Å²) in [6.45, 7) is 5.08. The lowest BCUT2D eigenvalue weighted by atomic mass is 9.93. The first kappa shape index (κ1) is 17.7. The number of allylic oxidation sites excluding steroid dienone is 4. The zero-order chi connectivity index (χ0) is 15.3. The van der Waals surface area contributed by atoms with E-state index in [2.05, 4.69) is 25.2 Å². The molecule has 118 valence electrons. The summed E-state index contributed by atoms with van der Waals surface area (Å²) >= 11 is 0. The Hall–Kier alpha value is -1.39. The lowest BCUT2D eigenvalue weighted by Gasteiger charge is -2.15. The van der Waals surface area contributed by atoms with E-state index in [1.807, 2.05) is 6.08 Å². The van der Waals surface area contributed by atoms with Crippen LogP contribution in [0.3, 0.4) is 0 Å². The summed E-state index contributed by atoms with van der Waals surface area (Å²) in [7, 11) is 0. The molecule has 0 aromatic rings. The van der Waals surface area contributed by atoms with Crippen molar-refractivity contribution in [3.05, 3.63) is 36.5 Å². The van der Waals surface area contributed by atoms with Crippen molar-refractivity contribution in [2.75, 3.05) is 26.4 Å². The number of carboxylic acids is 1. The Kier molecular flexibility index (Phi) is 9.49. The summed E-state index contributed by atoms with van der Waals surface area (Å²) in [5.74, 6) is 0.0565. The Bertz CT molecular complexity index is 371. The molecule has 0 aromatic carbocycles. The van der Waals surface area contributed by atoms with E-state index in [0.29, 0.717) is 24.9 Å². The van der Waals surface area contributed by atoms with Crippen molar-refractivity contribution in [2.45, 2.75) is 26.2 Å². The second-order valence-electron chi connectivity index (χ2n) is 5.16. The molecule has 1 heterocycles. The fraction of sp³-hybridized carbons (Fsp3) is 0.588. The molecule has 1 saturated heterocycles. The molecule has 0 amide bonds. The van der Waals surface area contributed by atoms with Gasteiger partial charge >= 0.3 is 5.97 Å². The average molecular weight is 294 g/mol. The summed E-state index contributed by atoms with van der Waals surface area (Å²) in [5.41, 5.74) is 0. The summed E-state index contributed by atoms with van der Waals surface area (Å²) < 4.78 is 11.2. The highest BCUT2D eigenvalue weighted by Crippen LogP contribution is 2.24. The third-order valence-corrected chi connectivity index (χ3v) is 3.42. The minimum Gasteiger partial charge on any atom is -0.478 e. The first-order chi connectivity index (χ1) is 10.2. The van der Waals surface area contributed by atoms with Crippen molar-refractivity contribution in [3.63, 3.8) is 0 Å². The second kappa shape index (κ2) is 11.3. The molecular formula is C17H26O4. The van der Waals surface area contributed by atoms with Crippen molar-refractivity contribution in [2.24, 2.45) is 11.8 Å². The van der Waals surface area contributed by atoms with Crippen LogP contribution in [0.15, 0.2) is 36.5 Å². The first-order valence-electron chi connectivity index (χ1n) is 7.59. The molecule has 21 heavy (non-hydrogen) atoms. The van der Waals surface area contributed by atoms with Crippen LogP contribution in [0.1, 0.15) is 26.2 Å². The third-order valence-electron chi connectivity index (χ3n) is 3.42. The van der Waals surface area contributed by atoms with Crippen LogP contribution in [0.4, 0.5) is 0 Å². The molecule has 0 unspecified atom stereocenters. The smallest absolute Gasteiger partial charge is 0.327 e. The number of rotatable bonds is 10. The van der Waals surface area contributed by atoms with E-state index >= 15 is 0 Å². The summed E-state index contributed by atoms with van der Waals surface area (Å²) in [5, 5.41) is 8.47. The zero-order valence-electron chi connectivity index (χ0n) is 12.7.